The van der Waals surface area contributed by atoms with Gasteiger partial charge in [-0.1, -0.05) is 0 Å². The minimum Gasteiger partial charge on any atom is -0.288 e. The van der Waals surface area contributed by atoms with Gasteiger partial charge in [0.05, 0.1) is 5.56 Å². The molecule has 1 aromatic carbocycles. The fraction of sp³-hybridized carbons (Fsp3) is 0.125. The Labute approximate surface area is 73.7 Å². The quantitative estimate of drug-likeness (QED) is 0.671. The van der Waals surface area contributed by atoms with Crippen molar-refractivity contribution in [3.63, 3.8) is 0 Å². The number of carbonyl (C=O) groups is 1. The van der Waals surface area contributed by atoms with Crippen molar-refractivity contribution in [3.05, 3.63) is 35.4 Å². The van der Waals surface area contributed by atoms with Crippen LogP contribution < -0.4 is 10.9 Å². The molecule has 1 rings (SSSR count). The molecule has 0 spiro atoms. The van der Waals surface area contributed by atoms with Crippen LogP contribution >= 0.6 is 0 Å². The van der Waals surface area contributed by atoms with Crippen LogP contribution in [-0.2, 0) is 0 Å². The highest BCUT2D eigenvalue weighted by molar-refractivity contribution is 5.94. The number of carbonyl (C=O) groups excluding carboxylic acids is 1. The van der Waals surface area contributed by atoms with Crippen molar-refractivity contribution in [2.45, 2.75) is 0 Å². The van der Waals surface area contributed by atoms with Crippen molar-refractivity contribution >= 4 is 5.91 Å². The third-order valence-corrected chi connectivity index (χ3v) is 1.41. The van der Waals surface area contributed by atoms with Gasteiger partial charge in [0.25, 0.3) is 5.91 Å². The second kappa shape index (κ2) is 3.95. The summed E-state index contributed by atoms with van der Waals surface area (Å²) in [6, 6.07) is 2.76. The number of hydrogen-bond acceptors (Lipinski definition) is 2. The normalized spacial score (nSPS) is 9.77. The van der Waals surface area contributed by atoms with Crippen molar-refractivity contribution in [1.29, 1.82) is 0 Å². The van der Waals surface area contributed by atoms with E-state index in [4.69, 9.17) is 0 Å². The lowest BCUT2D eigenvalue weighted by atomic mass is 10.2. The van der Waals surface area contributed by atoms with E-state index in [1.165, 1.54) is 7.05 Å². The molecule has 0 aromatic heterocycles. The second-order valence-electron chi connectivity index (χ2n) is 2.33. The molecule has 0 unspecified atom stereocenters. The molecule has 5 heteroatoms. The summed E-state index contributed by atoms with van der Waals surface area (Å²) in [7, 11) is 1.47. The molecule has 0 atom stereocenters. The van der Waals surface area contributed by atoms with E-state index in [9.17, 15) is 13.6 Å². The fourth-order valence-electron chi connectivity index (χ4n) is 0.854. The molecule has 13 heavy (non-hydrogen) atoms. The van der Waals surface area contributed by atoms with Gasteiger partial charge in [-0.25, -0.2) is 14.2 Å². The molecular formula is C8H8F2N2O. The standard InChI is InChI=1S/C8H8F2N2O/c1-11-12-8(13)6-3-2-5(9)4-7(6)10/h2-4,11H,1H3,(H,12,13). The minimum absolute atomic E-state index is 0.198. The van der Waals surface area contributed by atoms with Crippen LogP contribution in [0.5, 0.6) is 0 Å². The molecule has 0 heterocycles. The predicted octanol–water partition coefficient (Wildman–Crippen LogP) is 0.829. The Morgan fingerprint density at radius 2 is 2.08 bits per heavy atom. The van der Waals surface area contributed by atoms with Gasteiger partial charge in [0.1, 0.15) is 11.6 Å². The number of amides is 1. The monoisotopic (exact) mass is 186 g/mol. The second-order valence-corrected chi connectivity index (χ2v) is 2.33. The van der Waals surface area contributed by atoms with Crippen molar-refractivity contribution in [3.8, 4) is 0 Å². The largest absolute Gasteiger partial charge is 0.288 e. The highest BCUT2D eigenvalue weighted by Gasteiger charge is 2.10. The summed E-state index contributed by atoms with van der Waals surface area (Å²) in [5, 5.41) is 0. The highest BCUT2D eigenvalue weighted by Crippen LogP contribution is 2.08. The van der Waals surface area contributed by atoms with Gasteiger partial charge in [0.2, 0.25) is 0 Å². The van der Waals surface area contributed by atoms with Crippen LogP contribution in [0.25, 0.3) is 0 Å². The zero-order valence-electron chi connectivity index (χ0n) is 6.90. The molecule has 70 valence electrons. The molecule has 0 aliphatic heterocycles. The first-order valence-corrected chi connectivity index (χ1v) is 3.57. The summed E-state index contributed by atoms with van der Waals surface area (Å²) in [5.74, 6) is -2.23. The van der Waals surface area contributed by atoms with Crippen LogP contribution in [0.3, 0.4) is 0 Å². The van der Waals surface area contributed by atoms with Crippen LogP contribution in [0.15, 0.2) is 18.2 Å². The Balaban J connectivity index is 2.95. The maximum atomic E-state index is 12.9. The Morgan fingerprint density at radius 1 is 1.38 bits per heavy atom. The lowest BCUT2D eigenvalue weighted by molar-refractivity contribution is 0.0934. The molecule has 0 aliphatic carbocycles. The van der Waals surface area contributed by atoms with Crippen molar-refractivity contribution in [2.75, 3.05) is 7.05 Å². The van der Waals surface area contributed by atoms with E-state index in [-0.39, 0.29) is 5.56 Å². The lowest BCUT2D eigenvalue weighted by Gasteiger charge is -2.03. The van der Waals surface area contributed by atoms with E-state index in [0.717, 1.165) is 12.1 Å². The van der Waals surface area contributed by atoms with Crippen LogP contribution in [-0.4, -0.2) is 13.0 Å². The van der Waals surface area contributed by atoms with Crippen molar-refractivity contribution in [2.24, 2.45) is 0 Å². The zero-order valence-corrected chi connectivity index (χ0v) is 6.90. The molecule has 3 nitrogen and oxygen atoms in total. The van der Waals surface area contributed by atoms with Gasteiger partial charge in [-0.15, -0.1) is 0 Å². The molecule has 0 bridgehead atoms. The summed E-state index contributed by atoms with van der Waals surface area (Å²) >= 11 is 0. The van der Waals surface area contributed by atoms with E-state index in [0.29, 0.717) is 6.07 Å². The Kier molecular flexibility index (Phi) is 2.92. The number of hydrogen-bond donors (Lipinski definition) is 2. The van der Waals surface area contributed by atoms with E-state index < -0.39 is 17.5 Å². The average molecular weight is 186 g/mol. The van der Waals surface area contributed by atoms with Crippen LogP contribution in [0.4, 0.5) is 8.78 Å². The van der Waals surface area contributed by atoms with Crippen molar-refractivity contribution in [1.82, 2.24) is 10.9 Å². The Morgan fingerprint density at radius 3 is 2.62 bits per heavy atom. The van der Waals surface area contributed by atoms with Crippen LogP contribution in [0.2, 0.25) is 0 Å². The first-order chi connectivity index (χ1) is 6.15. The maximum absolute atomic E-state index is 12.9. The lowest BCUT2D eigenvalue weighted by Crippen LogP contribution is -2.34. The molecule has 0 radical (unpaired) electrons. The molecule has 2 N–H and O–H groups in total. The predicted molar refractivity (Wildman–Crippen MR) is 42.9 cm³/mol. The molecule has 0 fully saturated rings. The first kappa shape index (κ1) is 9.60. The van der Waals surface area contributed by atoms with Gasteiger partial charge < -0.3 is 0 Å². The smallest absolute Gasteiger partial charge is 0.268 e. The van der Waals surface area contributed by atoms with Crippen molar-refractivity contribution < 1.29 is 13.6 Å². The molecule has 0 saturated carbocycles. The SMILES string of the molecule is CNNC(=O)c1ccc(F)cc1F. The van der Waals surface area contributed by atoms with Gasteiger partial charge in [0, 0.05) is 13.1 Å². The molecule has 0 aliphatic rings. The van der Waals surface area contributed by atoms with E-state index >= 15 is 0 Å². The van der Waals surface area contributed by atoms with Crippen LogP contribution in [0.1, 0.15) is 10.4 Å². The number of rotatable bonds is 2. The zero-order chi connectivity index (χ0) is 9.84. The van der Waals surface area contributed by atoms with Gasteiger partial charge in [0.15, 0.2) is 0 Å². The highest BCUT2D eigenvalue weighted by atomic mass is 19.1. The molecule has 1 amide bonds. The summed E-state index contributed by atoms with van der Waals surface area (Å²) < 4.78 is 25.3. The number of benzene rings is 1. The molecule has 1 aromatic rings. The summed E-state index contributed by atoms with van der Waals surface area (Å²) in [5.41, 5.74) is 4.32. The molecule has 0 saturated heterocycles. The fourth-order valence-corrected chi connectivity index (χ4v) is 0.854. The number of nitrogens with one attached hydrogen (secondary N) is 2. The van der Waals surface area contributed by atoms with Gasteiger partial charge in [-0.2, -0.15) is 0 Å². The summed E-state index contributed by atoms with van der Waals surface area (Å²) in [6.45, 7) is 0. The number of hydrazine groups is 1. The topological polar surface area (TPSA) is 41.1 Å². The summed E-state index contributed by atoms with van der Waals surface area (Å²) in [4.78, 5) is 11.0. The third kappa shape index (κ3) is 2.22. The third-order valence-electron chi connectivity index (χ3n) is 1.41. The van der Waals surface area contributed by atoms with Gasteiger partial charge >= 0.3 is 0 Å². The first-order valence-electron chi connectivity index (χ1n) is 3.57. The number of halogens is 2. The average Bonchev–Trinajstić information content (AvgIpc) is 2.04. The Bertz CT molecular complexity index is 328. The molecular weight excluding hydrogens is 178 g/mol. The van der Waals surface area contributed by atoms with E-state index in [1.807, 2.05) is 0 Å². The minimum atomic E-state index is -0.882. The van der Waals surface area contributed by atoms with Gasteiger partial charge in [-0.05, 0) is 12.1 Å². The van der Waals surface area contributed by atoms with E-state index in [2.05, 4.69) is 10.9 Å². The van der Waals surface area contributed by atoms with Crippen LogP contribution in [0, 0.1) is 11.6 Å². The Hall–Kier alpha value is -1.49. The van der Waals surface area contributed by atoms with Gasteiger partial charge in [-0.3, -0.25) is 10.2 Å². The van der Waals surface area contributed by atoms with E-state index in [1.54, 1.807) is 0 Å². The summed E-state index contributed by atoms with van der Waals surface area (Å²) in [6.07, 6.45) is 0. The maximum Gasteiger partial charge on any atom is 0.268 e.